The van der Waals surface area contributed by atoms with Crippen LogP contribution in [0.2, 0.25) is 5.02 Å². The van der Waals surface area contributed by atoms with Crippen LogP contribution in [0.25, 0.3) is 0 Å². The molecule has 0 aliphatic carbocycles. The highest BCUT2D eigenvalue weighted by Gasteiger charge is 2.30. The van der Waals surface area contributed by atoms with Crippen LogP contribution in [0.1, 0.15) is 5.56 Å². The van der Waals surface area contributed by atoms with E-state index in [1.54, 1.807) is 17.0 Å². The number of nitriles is 1. The molecule has 0 radical (unpaired) electrons. The lowest BCUT2D eigenvalue weighted by Crippen LogP contribution is -2.48. The lowest BCUT2D eigenvalue weighted by atomic mass is 10.2. The second-order valence-corrected chi connectivity index (χ2v) is 8.29. The fourth-order valence-electron chi connectivity index (χ4n) is 2.93. The van der Waals surface area contributed by atoms with E-state index >= 15 is 0 Å². The summed E-state index contributed by atoms with van der Waals surface area (Å²) in [7, 11) is -3.68. The molecule has 2 aromatic carbocycles. The third-order valence-corrected chi connectivity index (χ3v) is 6.48. The van der Waals surface area contributed by atoms with E-state index in [2.05, 4.69) is 0 Å². The van der Waals surface area contributed by atoms with E-state index in [-0.39, 0.29) is 28.7 Å². The first-order valence-electron chi connectivity index (χ1n) is 8.02. The highest BCUT2D eigenvalue weighted by atomic mass is 35.5. The Kier molecular flexibility index (Phi) is 5.32. The van der Waals surface area contributed by atoms with E-state index in [9.17, 15) is 18.5 Å². The Hall–Kier alpha value is -2.67. The monoisotopic (exact) mass is 406 g/mol. The van der Waals surface area contributed by atoms with E-state index in [4.69, 9.17) is 16.9 Å². The molecule has 0 atom stereocenters. The van der Waals surface area contributed by atoms with Crippen molar-refractivity contribution in [3.8, 4) is 6.07 Å². The van der Waals surface area contributed by atoms with Gasteiger partial charge in [0.25, 0.3) is 5.69 Å². The number of sulfonamides is 1. The highest BCUT2D eigenvalue weighted by molar-refractivity contribution is 7.89. The number of anilines is 1. The normalized spacial score (nSPS) is 15.3. The topological polar surface area (TPSA) is 108 Å². The summed E-state index contributed by atoms with van der Waals surface area (Å²) >= 11 is 5.84. The summed E-state index contributed by atoms with van der Waals surface area (Å²) in [6.07, 6.45) is 0. The van der Waals surface area contributed by atoms with Gasteiger partial charge in [-0.25, -0.2) is 8.42 Å². The average Bonchev–Trinajstić information content (AvgIpc) is 2.68. The van der Waals surface area contributed by atoms with Crippen LogP contribution in [-0.2, 0) is 10.0 Å². The fraction of sp³-hybridized carbons (Fsp3) is 0.235. The van der Waals surface area contributed by atoms with Gasteiger partial charge in [-0.05, 0) is 36.4 Å². The molecule has 140 valence electrons. The van der Waals surface area contributed by atoms with E-state index in [1.165, 1.54) is 34.6 Å². The minimum atomic E-state index is -3.68. The van der Waals surface area contributed by atoms with Crippen molar-refractivity contribution in [3.05, 3.63) is 63.2 Å². The maximum atomic E-state index is 12.7. The van der Waals surface area contributed by atoms with Gasteiger partial charge < -0.3 is 4.90 Å². The molecule has 0 amide bonds. The number of nitrogens with zero attached hydrogens (tertiary/aromatic N) is 4. The second kappa shape index (κ2) is 7.52. The molecule has 0 saturated carbocycles. The van der Waals surface area contributed by atoms with E-state index in [0.717, 1.165) is 0 Å². The molecular formula is C17H15ClN4O4S. The van der Waals surface area contributed by atoms with Crippen LogP contribution >= 0.6 is 11.6 Å². The van der Waals surface area contributed by atoms with Crippen LogP contribution < -0.4 is 4.90 Å². The van der Waals surface area contributed by atoms with Crippen LogP contribution in [0.4, 0.5) is 11.4 Å². The molecule has 1 saturated heterocycles. The van der Waals surface area contributed by atoms with Crippen molar-refractivity contribution >= 4 is 33.0 Å². The summed E-state index contributed by atoms with van der Waals surface area (Å²) in [5, 5.41) is 20.4. The number of hydrogen-bond donors (Lipinski definition) is 0. The fourth-order valence-corrected chi connectivity index (χ4v) is 4.52. The minimum Gasteiger partial charge on any atom is -0.363 e. The van der Waals surface area contributed by atoms with Gasteiger partial charge in [-0.3, -0.25) is 10.1 Å². The maximum Gasteiger partial charge on any atom is 0.294 e. The molecular weight excluding hydrogens is 392 g/mol. The number of rotatable bonds is 4. The predicted molar refractivity (Wildman–Crippen MR) is 100 cm³/mol. The maximum absolute atomic E-state index is 12.7. The quantitative estimate of drug-likeness (QED) is 0.570. The number of piperazine rings is 1. The van der Waals surface area contributed by atoms with Gasteiger partial charge in [0.15, 0.2) is 0 Å². The van der Waals surface area contributed by atoms with Crippen LogP contribution in [0.3, 0.4) is 0 Å². The standard InChI is InChI=1S/C17H15ClN4O4S/c18-14-3-6-16(17(11-14)22(23)24)20-7-9-21(10-8-20)27(25,26)15-4-1-13(12-19)2-5-15/h1-6,11H,7-10H2. The molecule has 27 heavy (non-hydrogen) atoms. The van der Waals surface area contributed by atoms with Crippen LogP contribution in [0.15, 0.2) is 47.4 Å². The van der Waals surface area contributed by atoms with Crippen molar-refractivity contribution in [2.24, 2.45) is 0 Å². The lowest BCUT2D eigenvalue weighted by molar-refractivity contribution is -0.384. The lowest BCUT2D eigenvalue weighted by Gasteiger charge is -2.35. The van der Waals surface area contributed by atoms with Gasteiger partial charge in [0.05, 0.1) is 21.5 Å². The Bertz CT molecular complexity index is 1010. The van der Waals surface area contributed by atoms with Gasteiger partial charge in [0, 0.05) is 37.3 Å². The molecule has 1 heterocycles. The van der Waals surface area contributed by atoms with Gasteiger partial charge in [-0.2, -0.15) is 9.57 Å². The van der Waals surface area contributed by atoms with Crippen molar-refractivity contribution in [3.63, 3.8) is 0 Å². The second-order valence-electron chi connectivity index (χ2n) is 5.92. The third-order valence-electron chi connectivity index (χ3n) is 4.33. The molecule has 0 bridgehead atoms. The molecule has 0 spiro atoms. The highest BCUT2D eigenvalue weighted by Crippen LogP contribution is 2.32. The Morgan fingerprint density at radius 3 is 2.26 bits per heavy atom. The number of benzene rings is 2. The Morgan fingerprint density at radius 2 is 1.70 bits per heavy atom. The van der Waals surface area contributed by atoms with E-state index in [1.807, 2.05) is 6.07 Å². The SMILES string of the molecule is N#Cc1ccc(S(=O)(=O)N2CCN(c3ccc(Cl)cc3[N+](=O)[O-])CC2)cc1. The van der Waals surface area contributed by atoms with Gasteiger partial charge >= 0.3 is 0 Å². The largest absolute Gasteiger partial charge is 0.363 e. The molecule has 0 unspecified atom stereocenters. The first-order chi connectivity index (χ1) is 12.8. The molecule has 2 aromatic rings. The summed E-state index contributed by atoms with van der Waals surface area (Å²) in [6, 6.07) is 12.1. The van der Waals surface area contributed by atoms with Crippen molar-refractivity contribution in [1.82, 2.24) is 4.31 Å². The summed E-state index contributed by atoms with van der Waals surface area (Å²) in [6.45, 7) is 1.03. The van der Waals surface area contributed by atoms with Crippen molar-refractivity contribution in [2.75, 3.05) is 31.1 Å². The number of nitro benzene ring substituents is 1. The van der Waals surface area contributed by atoms with Crippen molar-refractivity contribution in [1.29, 1.82) is 5.26 Å². The number of nitro groups is 1. The summed E-state index contributed by atoms with van der Waals surface area (Å²) in [5.74, 6) is 0. The number of halogens is 1. The molecule has 1 aliphatic heterocycles. The molecule has 10 heteroatoms. The Labute approximate surface area is 161 Å². The molecule has 1 aliphatic rings. The Balaban J connectivity index is 1.77. The van der Waals surface area contributed by atoms with Gasteiger partial charge in [-0.15, -0.1) is 0 Å². The summed E-state index contributed by atoms with van der Waals surface area (Å²) < 4.78 is 26.8. The van der Waals surface area contributed by atoms with E-state index in [0.29, 0.717) is 24.3 Å². The van der Waals surface area contributed by atoms with Crippen LogP contribution in [0.5, 0.6) is 0 Å². The zero-order valence-corrected chi connectivity index (χ0v) is 15.7. The first-order valence-corrected chi connectivity index (χ1v) is 9.84. The Morgan fingerprint density at radius 1 is 1.07 bits per heavy atom. The average molecular weight is 407 g/mol. The predicted octanol–water partition coefficient (Wildman–Crippen LogP) is 2.63. The zero-order chi connectivity index (χ0) is 19.6. The molecule has 0 N–H and O–H groups in total. The van der Waals surface area contributed by atoms with Crippen molar-refractivity contribution < 1.29 is 13.3 Å². The summed E-state index contributed by atoms with van der Waals surface area (Å²) in [4.78, 5) is 12.7. The minimum absolute atomic E-state index is 0.106. The molecule has 8 nitrogen and oxygen atoms in total. The van der Waals surface area contributed by atoms with Gasteiger partial charge in [0.2, 0.25) is 10.0 Å². The number of hydrogen-bond acceptors (Lipinski definition) is 6. The van der Waals surface area contributed by atoms with Crippen LogP contribution in [0, 0.1) is 21.4 Å². The van der Waals surface area contributed by atoms with Gasteiger partial charge in [-0.1, -0.05) is 11.6 Å². The molecule has 0 aromatic heterocycles. The smallest absolute Gasteiger partial charge is 0.294 e. The third kappa shape index (κ3) is 3.88. The van der Waals surface area contributed by atoms with Crippen LogP contribution in [-0.4, -0.2) is 43.8 Å². The molecule has 1 fully saturated rings. The summed E-state index contributed by atoms with van der Waals surface area (Å²) in [5.41, 5.74) is 0.694. The zero-order valence-electron chi connectivity index (χ0n) is 14.1. The van der Waals surface area contributed by atoms with E-state index < -0.39 is 14.9 Å². The molecule has 3 rings (SSSR count). The van der Waals surface area contributed by atoms with Crippen molar-refractivity contribution in [2.45, 2.75) is 4.90 Å². The van der Waals surface area contributed by atoms with Gasteiger partial charge in [0.1, 0.15) is 5.69 Å². The first kappa shape index (κ1) is 19.1.